The normalized spacial score (nSPS) is 10.0. The molecule has 2 amide bonds. The lowest BCUT2D eigenvalue weighted by Crippen LogP contribution is -2.28. The van der Waals surface area contributed by atoms with Gasteiger partial charge in [-0.05, 0) is 36.4 Å². The molecule has 6 nitrogen and oxygen atoms in total. The van der Waals surface area contributed by atoms with Crippen molar-refractivity contribution in [3.05, 3.63) is 72.3 Å². The Morgan fingerprint density at radius 1 is 1.08 bits per heavy atom. The van der Waals surface area contributed by atoms with E-state index in [1.54, 1.807) is 61.7 Å². The minimum Gasteiger partial charge on any atom is -0.490 e. The molecular weight excluding hydrogens is 332 g/mol. The molecule has 0 aliphatic carbocycles. The first-order valence-corrected chi connectivity index (χ1v) is 8.17. The SMILES string of the molecule is C=CCOc1ccc(C(=O)Nc2ccccc2C(=O)NCCOC)cc1. The molecule has 2 aromatic carbocycles. The number of hydrogen-bond donors (Lipinski definition) is 2. The Balaban J connectivity index is 2.06. The van der Waals surface area contributed by atoms with E-state index < -0.39 is 0 Å². The number of rotatable bonds is 9. The second-order valence-electron chi connectivity index (χ2n) is 5.37. The zero-order valence-corrected chi connectivity index (χ0v) is 14.7. The number of benzene rings is 2. The third kappa shape index (κ3) is 5.46. The van der Waals surface area contributed by atoms with E-state index >= 15 is 0 Å². The van der Waals surface area contributed by atoms with Gasteiger partial charge in [-0.15, -0.1) is 0 Å². The molecule has 0 fully saturated rings. The highest BCUT2D eigenvalue weighted by molar-refractivity contribution is 6.09. The fourth-order valence-corrected chi connectivity index (χ4v) is 2.20. The molecule has 26 heavy (non-hydrogen) atoms. The first-order chi connectivity index (χ1) is 12.7. The van der Waals surface area contributed by atoms with Crippen LogP contribution in [0, 0.1) is 0 Å². The van der Waals surface area contributed by atoms with Gasteiger partial charge in [0.1, 0.15) is 12.4 Å². The first kappa shape index (κ1) is 19.2. The third-order valence-corrected chi connectivity index (χ3v) is 3.50. The van der Waals surface area contributed by atoms with Crippen molar-refractivity contribution in [2.24, 2.45) is 0 Å². The lowest BCUT2D eigenvalue weighted by Gasteiger charge is -2.11. The molecular formula is C20H22N2O4. The maximum Gasteiger partial charge on any atom is 0.255 e. The summed E-state index contributed by atoms with van der Waals surface area (Å²) in [5.74, 6) is 0.0721. The molecule has 0 heterocycles. The predicted octanol–water partition coefficient (Wildman–Crippen LogP) is 2.88. The molecule has 2 aromatic rings. The molecule has 0 saturated carbocycles. The predicted molar refractivity (Wildman–Crippen MR) is 101 cm³/mol. The Kier molecular flexibility index (Phi) is 7.39. The second kappa shape index (κ2) is 10.0. The molecule has 2 rings (SSSR count). The Morgan fingerprint density at radius 3 is 2.50 bits per heavy atom. The van der Waals surface area contributed by atoms with E-state index in [1.165, 1.54) is 0 Å². The van der Waals surface area contributed by atoms with Crippen molar-refractivity contribution in [2.75, 3.05) is 32.2 Å². The van der Waals surface area contributed by atoms with Crippen LogP contribution in [0.25, 0.3) is 0 Å². The van der Waals surface area contributed by atoms with Crippen molar-refractivity contribution in [3.8, 4) is 5.75 Å². The fraction of sp³-hybridized carbons (Fsp3) is 0.200. The van der Waals surface area contributed by atoms with Gasteiger partial charge in [-0.3, -0.25) is 9.59 Å². The van der Waals surface area contributed by atoms with Gasteiger partial charge >= 0.3 is 0 Å². The smallest absolute Gasteiger partial charge is 0.255 e. The number of ether oxygens (including phenoxy) is 2. The molecule has 0 spiro atoms. The van der Waals surface area contributed by atoms with Crippen molar-refractivity contribution in [1.82, 2.24) is 5.32 Å². The van der Waals surface area contributed by atoms with Crippen LogP contribution in [-0.2, 0) is 4.74 Å². The number of carbonyl (C=O) groups is 2. The van der Waals surface area contributed by atoms with Crippen molar-refractivity contribution in [1.29, 1.82) is 0 Å². The Labute approximate surface area is 152 Å². The van der Waals surface area contributed by atoms with Gasteiger partial charge in [0.15, 0.2) is 0 Å². The summed E-state index contributed by atoms with van der Waals surface area (Å²) in [7, 11) is 1.56. The summed E-state index contributed by atoms with van der Waals surface area (Å²) in [5.41, 5.74) is 1.30. The molecule has 0 saturated heterocycles. The third-order valence-electron chi connectivity index (χ3n) is 3.50. The van der Waals surface area contributed by atoms with Crippen LogP contribution >= 0.6 is 0 Å². The van der Waals surface area contributed by atoms with E-state index in [1.807, 2.05) is 0 Å². The van der Waals surface area contributed by atoms with Gasteiger partial charge in [-0.1, -0.05) is 24.8 Å². The quantitative estimate of drug-likeness (QED) is 0.536. The molecule has 2 N–H and O–H groups in total. The topological polar surface area (TPSA) is 76.7 Å². The summed E-state index contributed by atoms with van der Waals surface area (Å²) in [5, 5.41) is 5.51. The largest absolute Gasteiger partial charge is 0.490 e. The zero-order valence-electron chi connectivity index (χ0n) is 14.7. The summed E-state index contributed by atoms with van der Waals surface area (Å²) >= 11 is 0. The summed E-state index contributed by atoms with van der Waals surface area (Å²) in [6.45, 7) is 4.80. The molecule has 0 unspecified atom stereocenters. The van der Waals surface area contributed by atoms with Gasteiger partial charge in [-0.25, -0.2) is 0 Å². The fourth-order valence-electron chi connectivity index (χ4n) is 2.20. The van der Waals surface area contributed by atoms with Gasteiger partial charge in [0, 0.05) is 19.2 Å². The van der Waals surface area contributed by atoms with Crippen LogP contribution in [0.2, 0.25) is 0 Å². The van der Waals surface area contributed by atoms with Crippen molar-refractivity contribution < 1.29 is 19.1 Å². The van der Waals surface area contributed by atoms with E-state index in [9.17, 15) is 9.59 Å². The Hall–Kier alpha value is -3.12. The highest BCUT2D eigenvalue weighted by Gasteiger charge is 2.13. The van der Waals surface area contributed by atoms with Crippen molar-refractivity contribution in [3.63, 3.8) is 0 Å². The highest BCUT2D eigenvalue weighted by Crippen LogP contribution is 2.18. The van der Waals surface area contributed by atoms with E-state index in [0.29, 0.717) is 42.3 Å². The van der Waals surface area contributed by atoms with E-state index in [2.05, 4.69) is 17.2 Å². The number of hydrogen-bond acceptors (Lipinski definition) is 4. The molecule has 0 radical (unpaired) electrons. The van der Waals surface area contributed by atoms with Gasteiger partial charge in [0.25, 0.3) is 11.8 Å². The highest BCUT2D eigenvalue weighted by atomic mass is 16.5. The van der Waals surface area contributed by atoms with Crippen LogP contribution in [0.5, 0.6) is 5.75 Å². The van der Waals surface area contributed by atoms with Gasteiger partial charge in [0.2, 0.25) is 0 Å². The Bertz CT molecular complexity index is 757. The maximum atomic E-state index is 12.5. The second-order valence-corrected chi connectivity index (χ2v) is 5.37. The van der Waals surface area contributed by atoms with Crippen LogP contribution in [0.4, 0.5) is 5.69 Å². The average Bonchev–Trinajstić information content (AvgIpc) is 2.67. The van der Waals surface area contributed by atoms with E-state index in [-0.39, 0.29) is 11.8 Å². The molecule has 136 valence electrons. The minimum absolute atomic E-state index is 0.272. The molecule has 0 aliphatic rings. The van der Waals surface area contributed by atoms with Crippen LogP contribution in [0.1, 0.15) is 20.7 Å². The molecule has 0 aliphatic heterocycles. The van der Waals surface area contributed by atoms with Gasteiger partial charge in [-0.2, -0.15) is 0 Å². The zero-order chi connectivity index (χ0) is 18.8. The first-order valence-electron chi connectivity index (χ1n) is 8.17. The minimum atomic E-state index is -0.308. The molecule has 0 atom stereocenters. The van der Waals surface area contributed by atoms with Crippen LogP contribution < -0.4 is 15.4 Å². The molecule has 6 heteroatoms. The van der Waals surface area contributed by atoms with E-state index in [0.717, 1.165) is 0 Å². The van der Waals surface area contributed by atoms with Crippen molar-refractivity contribution >= 4 is 17.5 Å². The van der Waals surface area contributed by atoms with E-state index in [4.69, 9.17) is 9.47 Å². The number of methoxy groups -OCH3 is 1. The summed E-state index contributed by atoms with van der Waals surface area (Å²) in [6, 6.07) is 13.6. The summed E-state index contributed by atoms with van der Waals surface area (Å²) in [6.07, 6.45) is 1.65. The number of amides is 2. The number of nitrogens with one attached hydrogen (secondary N) is 2. The summed E-state index contributed by atoms with van der Waals surface area (Å²) < 4.78 is 10.3. The lowest BCUT2D eigenvalue weighted by molar-refractivity contribution is 0.0938. The number of para-hydroxylation sites is 1. The maximum absolute atomic E-state index is 12.5. The Morgan fingerprint density at radius 2 is 1.81 bits per heavy atom. The number of carbonyl (C=O) groups excluding carboxylic acids is 2. The standard InChI is InChI=1S/C20H22N2O4/c1-3-13-26-16-10-8-15(9-11-16)19(23)22-18-7-5-4-6-17(18)20(24)21-12-14-25-2/h3-11H,1,12-14H2,2H3,(H,21,24)(H,22,23). The number of anilines is 1. The van der Waals surface area contributed by atoms with Crippen molar-refractivity contribution in [2.45, 2.75) is 0 Å². The van der Waals surface area contributed by atoms with Crippen LogP contribution in [-0.4, -0.2) is 38.7 Å². The lowest BCUT2D eigenvalue weighted by atomic mass is 10.1. The molecule has 0 aromatic heterocycles. The van der Waals surface area contributed by atoms with Crippen LogP contribution in [0.3, 0.4) is 0 Å². The van der Waals surface area contributed by atoms with Crippen LogP contribution in [0.15, 0.2) is 61.2 Å². The average molecular weight is 354 g/mol. The van der Waals surface area contributed by atoms with Gasteiger partial charge < -0.3 is 20.1 Å². The van der Waals surface area contributed by atoms with Gasteiger partial charge in [0.05, 0.1) is 17.9 Å². The molecule has 0 bridgehead atoms. The monoisotopic (exact) mass is 354 g/mol. The summed E-state index contributed by atoms with van der Waals surface area (Å²) in [4.78, 5) is 24.7.